The highest BCUT2D eigenvalue weighted by atomic mass is 16.5. The maximum atomic E-state index is 13.1. The van der Waals surface area contributed by atoms with E-state index in [0.717, 1.165) is 24.8 Å². The van der Waals surface area contributed by atoms with Gasteiger partial charge in [0.25, 0.3) is 0 Å². The summed E-state index contributed by atoms with van der Waals surface area (Å²) in [5.41, 5.74) is 1.11. The van der Waals surface area contributed by atoms with E-state index in [1.165, 1.54) is 19.3 Å². The molecule has 2 amide bonds. The van der Waals surface area contributed by atoms with Crippen LogP contribution in [0.15, 0.2) is 18.2 Å². The number of nitrogens with one attached hydrogen (secondary N) is 1. The Morgan fingerprint density at radius 2 is 1.89 bits per heavy atom. The van der Waals surface area contributed by atoms with Gasteiger partial charge in [-0.3, -0.25) is 9.59 Å². The second-order valence-corrected chi connectivity index (χ2v) is 7.47. The van der Waals surface area contributed by atoms with Crippen molar-refractivity contribution < 1.29 is 19.1 Å². The molecule has 1 saturated heterocycles. The third-order valence-corrected chi connectivity index (χ3v) is 5.71. The standard InChI is InChI=1S/C21H30N2O4/c1-26-18-9-8-15(12-19(18)27-2)10-11-23(17-6-4-3-5-7-17)21(25)16-13-20(24)22-14-16/h8-9,12,16-17H,3-7,10-11,13-14H2,1-2H3,(H,22,24). The molecule has 0 radical (unpaired) electrons. The van der Waals surface area contributed by atoms with E-state index in [4.69, 9.17) is 9.47 Å². The third-order valence-electron chi connectivity index (χ3n) is 5.71. The molecule has 1 aromatic rings. The van der Waals surface area contributed by atoms with Gasteiger partial charge in [-0.25, -0.2) is 0 Å². The quantitative estimate of drug-likeness (QED) is 0.796. The first-order chi connectivity index (χ1) is 13.1. The number of carbonyl (C=O) groups is 2. The zero-order valence-corrected chi connectivity index (χ0v) is 16.3. The predicted octanol–water partition coefficient (Wildman–Crippen LogP) is 2.54. The molecule has 1 unspecified atom stereocenters. The van der Waals surface area contributed by atoms with Gasteiger partial charge >= 0.3 is 0 Å². The van der Waals surface area contributed by atoms with Gasteiger partial charge in [0.2, 0.25) is 11.8 Å². The summed E-state index contributed by atoms with van der Waals surface area (Å²) in [6.07, 6.45) is 6.80. The van der Waals surface area contributed by atoms with Crippen LogP contribution in [0.1, 0.15) is 44.1 Å². The monoisotopic (exact) mass is 374 g/mol. The minimum absolute atomic E-state index is 0.0168. The van der Waals surface area contributed by atoms with Crippen molar-refractivity contribution >= 4 is 11.8 Å². The van der Waals surface area contributed by atoms with Gasteiger partial charge in [0.05, 0.1) is 20.1 Å². The van der Waals surface area contributed by atoms with Gasteiger partial charge in [-0.1, -0.05) is 25.3 Å². The molecule has 0 bridgehead atoms. The van der Waals surface area contributed by atoms with Crippen molar-refractivity contribution in [2.45, 2.75) is 51.0 Å². The fraction of sp³-hybridized carbons (Fsp3) is 0.619. The largest absolute Gasteiger partial charge is 0.493 e. The Kier molecular flexibility index (Phi) is 6.58. The van der Waals surface area contributed by atoms with E-state index in [-0.39, 0.29) is 17.7 Å². The molecule has 6 heteroatoms. The smallest absolute Gasteiger partial charge is 0.228 e. The van der Waals surface area contributed by atoms with Crippen molar-refractivity contribution in [1.29, 1.82) is 0 Å². The molecule has 1 atom stereocenters. The molecule has 6 nitrogen and oxygen atoms in total. The Morgan fingerprint density at radius 1 is 1.15 bits per heavy atom. The third kappa shape index (κ3) is 4.73. The highest BCUT2D eigenvalue weighted by molar-refractivity contribution is 5.89. The normalized spacial score (nSPS) is 20.2. The van der Waals surface area contributed by atoms with E-state index in [1.54, 1.807) is 14.2 Å². The zero-order chi connectivity index (χ0) is 19.2. The maximum absolute atomic E-state index is 13.1. The molecule has 2 aliphatic rings. The number of ether oxygens (including phenoxy) is 2. The van der Waals surface area contributed by atoms with E-state index in [0.29, 0.717) is 37.1 Å². The Bertz CT molecular complexity index is 670. The summed E-state index contributed by atoms with van der Waals surface area (Å²) in [4.78, 5) is 26.7. The Balaban J connectivity index is 1.71. The van der Waals surface area contributed by atoms with E-state index in [2.05, 4.69) is 5.32 Å². The molecule has 0 aromatic heterocycles. The number of carbonyl (C=O) groups excluding carboxylic acids is 2. The first kappa shape index (κ1) is 19.5. The van der Waals surface area contributed by atoms with E-state index < -0.39 is 0 Å². The summed E-state index contributed by atoms with van der Waals surface area (Å²) >= 11 is 0. The van der Waals surface area contributed by atoms with Crippen LogP contribution in [0.5, 0.6) is 11.5 Å². The maximum Gasteiger partial charge on any atom is 0.228 e. The van der Waals surface area contributed by atoms with Crippen LogP contribution in [0.3, 0.4) is 0 Å². The van der Waals surface area contributed by atoms with Crippen LogP contribution in [0.25, 0.3) is 0 Å². The average molecular weight is 374 g/mol. The van der Waals surface area contributed by atoms with Crippen molar-refractivity contribution in [2.24, 2.45) is 5.92 Å². The number of hydrogen-bond donors (Lipinski definition) is 1. The summed E-state index contributed by atoms with van der Waals surface area (Å²) in [6.45, 7) is 1.14. The number of amides is 2. The minimum atomic E-state index is -0.218. The lowest BCUT2D eigenvalue weighted by atomic mass is 9.92. The lowest BCUT2D eigenvalue weighted by Crippen LogP contribution is -2.46. The van der Waals surface area contributed by atoms with E-state index in [9.17, 15) is 9.59 Å². The molecule has 1 aliphatic carbocycles. The molecule has 1 aromatic carbocycles. The Morgan fingerprint density at radius 3 is 2.52 bits per heavy atom. The van der Waals surface area contributed by atoms with Gasteiger partial charge in [0.15, 0.2) is 11.5 Å². The van der Waals surface area contributed by atoms with Crippen LogP contribution in [0, 0.1) is 5.92 Å². The molecule has 1 saturated carbocycles. The first-order valence-corrected chi connectivity index (χ1v) is 9.90. The van der Waals surface area contributed by atoms with Crippen molar-refractivity contribution in [3.05, 3.63) is 23.8 Å². The molecule has 148 valence electrons. The van der Waals surface area contributed by atoms with Gasteiger partial charge in [-0.05, 0) is 37.0 Å². The van der Waals surface area contributed by atoms with Crippen molar-refractivity contribution in [3.8, 4) is 11.5 Å². The number of benzene rings is 1. The summed E-state index contributed by atoms with van der Waals surface area (Å²) in [6, 6.07) is 6.19. The van der Waals surface area contributed by atoms with E-state index >= 15 is 0 Å². The van der Waals surface area contributed by atoms with Crippen LogP contribution in [-0.2, 0) is 16.0 Å². The molecule has 3 rings (SSSR count). The van der Waals surface area contributed by atoms with Crippen molar-refractivity contribution in [2.75, 3.05) is 27.3 Å². The number of hydrogen-bond acceptors (Lipinski definition) is 4. The van der Waals surface area contributed by atoms with Gasteiger partial charge in [0.1, 0.15) is 0 Å². The number of nitrogens with zero attached hydrogens (tertiary/aromatic N) is 1. The molecular weight excluding hydrogens is 344 g/mol. The predicted molar refractivity (Wildman–Crippen MR) is 103 cm³/mol. The van der Waals surface area contributed by atoms with Crippen LogP contribution < -0.4 is 14.8 Å². The molecule has 1 heterocycles. The summed E-state index contributed by atoms with van der Waals surface area (Å²) in [7, 11) is 3.25. The summed E-state index contributed by atoms with van der Waals surface area (Å²) < 4.78 is 10.7. The Hall–Kier alpha value is -2.24. The molecule has 27 heavy (non-hydrogen) atoms. The number of methoxy groups -OCH3 is 2. The number of rotatable bonds is 7. The van der Waals surface area contributed by atoms with Gasteiger partial charge in [-0.2, -0.15) is 0 Å². The topological polar surface area (TPSA) is 67.9 Å². The first-order valence-electron chi connectivity index (χ1n) is 9.90. The molecule has 2 fully saturated rings. The summed E-state index contributed by atoms with van der Waals surface area (Å²) in [5.74, 6) is 1.30. The average Bonchev–Trinajstić information content (AvgIpc) is 3.15. The van der Waals surface area contributed by atoms with E-state index in [1.807, 2.05) is 23.1 Å². The second kappa shape index (κ2) is 9.11. The SMILES string of the molecule is COc1ccc(CCN(C(=O)C2CNC(=O)C2)C2CCCCC2)cc1OC. The van der Waals surface area contributed by atoms with Crippen LogP contribution >= 0.6 is 0 Å². The van der Waals surface area contributed by atoms with Crippen LogP contribution in [-0.4, -0.2) is 50.1 Å². The minimum Gasteiger partial charge on any atom is -0.493 e. The highest BCUT2D eigenvalue weighted by Crippen LogP contribution is 2.29. The molecular formula is C21H30N2O4. The van der Waals surface area contributed by atoms with Crippen molar-refractivity contribution in [3.63, 3.8) is 0 Å². The van der Waals surface area contributed by atoms with Crippen LogP contribution in [0.4, 0.5) is 0 Å². The van der Waals surface area contributed by atoms with Crippen molar-refractivity contribution in [1.82, 2.24) is 10.2 Å². The summed E-state index contributed by atoms with van der Waals surface area (Å²) in [5, 5.41) is 2.79. The van der Waals surface area contributed by atoms with Crippen LogP contribution in [0.2, 0.25) is 0 Å². The fourth-order valence-electron chi connectivity index (χ4n) is 4.17. The highest BCUT2D eigenvalue weighted by Gasteiger charge is 2.34. The molecule has 1 N–H and O–H groups in total. The lowest BCUT2D eigenvalue weighted by Gasteiger charge is -2.36. The molecule has 0 spiro atoms. The fourth-order valence-corrected chi connectivity index (χ4v) is 4.17. The zero-order valence-electron chi connectivity index (χ0n) is 16.3. The molecule has 1 aliphatic heterocycles. The Labute approximate surface area is 161 Å². The van der Waals surface area contributed by atoms with Gasteiger partial charge in [-0.15, -0.1) is 0 Å². The van der Waals surface area contributed by atoms with Gasteiger partial charge in [0, 0.05) is 25.6 Å². The second-order valence-electron chi connectivity index (χ2n) is 7.47. The van der Waals surface area contributed by atoms with Gasteiger partial charge < -0.3 is 19.7 Å². The lowest BCUT2D eigenvalue weighted by molar-refractivity contribution is -0.138.